The molecule has 17 heavy (non-hydrogen) atoms. The number of amides is 1. The quantitative estimate of drug-likeness (QED) is 0.762. The van der Waals surface area contributed by atoms with E-state index in [1.807, 2.05) is 0 Å². The number of aryl methyl sites for hydroxylation is 1. The molecule has 0 aliphatic carbocycles. The van der Waals surface area contributed by atoms with Crippen LogP contribution in [-0.2, 0) is 14.8 Å². The number of carbonyl (C=O) groups excluding carboxylic acids is 1. The fraction of sp³-hybridized carbons (Fsp3) is 0.300. The molecule has 1 aromatic carbocycles. The summed E-state index contributed by atoms with van der Waals surface area (Å²) in [6.07, 6.45) is 0. The summed E-state index contributed by atoms with van der Waals surface area (Å²) in [6.45, 7) is 1.22. The summed E-state index contributed by atoms with van der Waals surface area (Å²) in [7, 11) is -2.22. The molecule has 1 aromatic rings. The van der Waals surface area contributed by atoms with Gasteiger partial charge in [0.15, 0.2) is 0 Å². The number of primary amides is 1. The van der Waals surface area contributed by atoms with Gasteiger partial charge in [0.2, 0.25) is 15.9 Å². The van der Waals surface area contributed by atoms with Crippen molar-refractivity contribution in [2.24, 2.45) is 5.73 Å². The highest BCUT2D eigenvalue weighted by Crippen LogP contribution is 2.20. The lowest BCUT2D eigenvalue weighted by Crippen LogP contribution is -2.33. The lowest BCUT2D eigenvalue weighted by Gasteiger charge is -2.09. The molecular weight excluding hydrogens is 244 g/mol. The van der Waals surface area contributed by atoms with Gasteiger partial charge in [-0.05, 0) is 30.7 Å². The van der Waals surface area contributed by atoms with Gasteiger partial charge in [0, 0.05) is 0 Å². The zero-order valence-corrected chi connectivity index (χ0v) is 10.4. The first-order chi connectivity index (χ1) is 7.86. The summed E-state index contributed by atoms with van der Waals surface area (Å²) in [5.41, 5.74) is 5.40. The molecule has 0 radical (unpaired) electrons. The Bertz CT molecular complexity index is 525. The Morgan fingerprint density at radius 2 is 2.12 bits per heavy atom. The summed E-state index contributed by atoms with van der Waals surface area (Å²) < 4.78 is 30.7. The average molecular weight is 258 g/mol. The predicted molar refractivity (Wildman–Crippen MR) is 62.1 cm³/mol. The van der Waals surface area contributed by atoms with E-state index in [1.165, 1.54) is 19.2 Å². The first-order valence-electron chi connectivity index (χ1n) is 4.79. The molecule has 0 unspecified atom stereocenters. The van der Waals surface area contributed by atoms with E-state index in [0.717, 1.165) is 0 Å². The third kappa shape index (κ3) is 3.43. The summed E-state index contributed by atoms with van der Waals surface area (Å²) in [4.78, 5) is 10.6. The molecule has 6 nitrogen and oxygen atoms in total. The van der Waals surface area contributed by atoms with Crippen molar-refractivity contribution in [3.05, 3.63) is 23.8 Å². The van der Waals surface area contributed by atoms with Crippen LogP contribution in [0.2, 0.25) is 0 Å². The van der Waals surface area contributed by atoms with E-state index in [0.29, 0.717) is 11.3 Å². The predicted octanol–water partition coefficient (Wildman–Crippen LogP) is -0.233. The Hall–Kier alpha value is -1.60. The van der Waals surface area contributed by atoms with Gasteiger partial charge >= 0.3 is 0 Å². The number of hydrogen-bond acceptors (Lipinski definition) is 4. The molecule has 94 valence electrons. The molecule has 0 fully saturated rings. The van der Waals surface area contributed by atoms with Gasteiger partial charge in [-0.1, -0.05) is 0 Å². The van der Waals surface area contributed by atoms with Crippen molar-refractivity contribution in [1.82, 2.24) is 4.72 Å². The molecule has 0 bridgehead atoms. The number of rotatable bonds is 5. The summed E-state index contributed by atoms with van der Waals surface area (Å²) in [5.74, 6) is -0.170. The summed E-state index contributed by atoms with van der Waals surface area (Å²) in [5, 5.41) is 0. The minimum atomic E-state index is -3.72. The number of ether oxygens (including phenoxy) is 1. The van der Waals surface area contributed by atoms with E-state index in [1.54, 1.807) is 13.0 Å². The molecule has 7 heteroatoms. The summed E-state index contributed by atoms with van der Waals surface area (Å²) in [6, 6.07) is 4.54. The number of benzene rings is 1. The van der Waals surface area contributed by atoms with Crippen LogP contribution in [0.25, 0.3) is 0 Å². The highest BCUT2D eigenvalue weighted by Gasteiger charge is 2.17. The first-order valence-corrected chi connectivity index (χ1v) is 6.28. The number of hydrogen-bond donors (Lipinski definition) is 2. The van der Waals surface area contributed by atoms with Crippen LogP contribution in [0.15, 0.2) is 23.1 Å². The highest BCUT2D eigenvalue weighted by atomic mass is 32.2. The van der Waals surface area contributed by atoms with Gasteiger partial charge in [-0.3, -0.25) is 4.79 Å². The molecule has 0 saturated heterocycles. The maximum absolute atomic E-state index is 11.8. The van der Waals surface area contributed by atoms with E-state index >= 15 is 0 Å². The van der Waals surface area contributed by atoms with Crippen molar-refractivity contribution in [2.45, 2.75) is 11.8 Å². The average Bonchev–Trinajstić information content (AvgIpc) is 2.26. The van der Waals surface area contributed by atoms with Crippen molar-refractivity contribution in [3.8, 4) is 5.75 Å². The molecule has 0 spiro atoms. The van der Waals surface area contributed by atoms with Gasteiger partial charge in [-0.2, -0.15) is 0 Å². The maximum atomic E-state index is 11.8. The van der Waals surface area contributed by atoms with Crippen LogP contribution >= 0.6 is 0 Å². The minimum Gasteiger partial charge on any atom is -0.497 e. The number of sulfonamides is 1. The second-order valence-corrected chi connectivity index (χ2v) is 5.16. The van der Waals surface area contributed by atoms with Crippen LogP contribution in [0.3, 0.4) is 0 Å². The van der Waals surface area contributed by atoms with Gasteiger partial charge in [0.25, 0.3) is 0 Å². The molecule has 0 aliphatic rings. The molecule has 0 heterocycles. The molecule has 3 N–H and O–H groups in total. The van der Waals surface area contributed by atoms with Crippen molar-refractivity contribution in [1.29, 1.82) is 0 Å². The zero-order valence-electron chi connectivity index (χ0n) is 9.56. The Morgan fingerprint density at radius 1 is 1.47 bits per heavy atom. The normalized spacial score (nSPS) is 11.2. The van der Waals surface area contributed by atoms with Crippen LogP contribution < -0.4 is 15.2 Å². The monoisotopic (exact) mass is 258 g/mol. The topological polar surface area (TPSA) is 98.5 Å². The largest absolute Gasteiger partial charge is 0.497 e. The fourth-order valence-electron chi connectivity index (χ4n) is 1.29. The Labute approximate surface area is 99.8 Å². The van der Waals surface area contributed by atoms with E-state index in [2.05, 4.69) is 4.72 Å². The Morgan fingerprint density at radius 3 is 2.59 bits per heavy atom. The smallest absolute Gasteiger partial charge is 0.241 e. The zero-order chi connectivity index (χ0) is 13.1. The van der Waals surface area contributed by atoms with Gasteiger partial charge in [-0.25, -0.2) is 13.1 Å². The molecule has 1 rings (SSSR count). The van der Waals surface area contributed by atoms with Gasteiger partial charge in [-0.15, -0.1) is 0 Å². The van der Waals surface area contributed by atoms with Crippen molar-refractivity contribution in [3.63, 3.8) is 0 Å². The maximum Gasteiger partial charge on any atom is 0.241 e. The van der Waals surface area contributed by atoms with E-state index in [4.69, 9.17) is 10.5 Å². The second-order valence-electron chi connectivity index (χ2n) is 3.42. The fourth-order valence-corrected chi connectivity index (χ4v) is 2.51. The van der Waals surface area contributed by atoms with E-state index in [9.17, 15) is 13.2 Å². The van der Waals surface area contributed by atoms with Crippen LogP contribution in [0, 0.1) is 6.92 Å². The molecule has 0 saturated carbocycles. The number of carbonyl (C=O) groups is 1. The van der Waals surface area contributed by atoms with Gasteiger partial charge < -0.3 is 10.5 Å². The summed E-state index contributed by atoms with van der Waals surface area (Å²) >= 11 is 0. The standard InChI is InChI=1S/C10H14N2O4S/c1-7-5-8(16-2)3-4-9(7)17(14,15)12-6-10(11)13/h3-5,12H,6H2,1-2H3,(H2,11,13). The number of nitrogens with two attached hydrogens (primary N) is 1. The molecule has 0 aliphatic heterocycles. The minimum absolute atomic E-state index is 0.0968. The van der Waals surface area contributed by atoms with Crippen LogP contribution in [0.4, 0.5) is 0 Å². The highest BCUT2D eigenvalue weighted by molar-refractivity contribution is 7.89. The first kappa shape index (κ1) is 13.5. The molecule has 0 atom stereocenters. The number of nitrogens with one attached hydrogen (secondary N) is 1. The Kier molecular flexibility index (Phi) is 4.08. The third-order valence-electron chi connectivity index (χ3n) is 2.11. The Balaban J connectivity index is 3.03. The van der Waals surface area contributed by atoms with Crippen molar-refractivity contribution < 1.29 is 17.9 Å². The SMILES string of the molecule is COc1ccc(S(=O)(=O)NCC(N)=O)c(C)c1. The molecular formula is C10H14N2O4S. The molecule has 1 amide bonds. The second kappa shape index (κ2) is 5.15. The van der Waals surface area contributed by atoms with Crippen molar-refractivity contribution in [2.75, 3.05) is 13.7 Å². The van der Waals surface area contributed by atoms with Gasteiger partial charge in [0.05, 0.1) is 18.6 Å². The van der Waals surface area contributed by atoms with Crippen LogP contribution in [-0.4, -0.2) is 28.0 Å². The van der Waals surface area contributed by atoms with E-state index < -0.39 is 22.5 Å². The number of methoxy groups -OCH3 is 1. The van der Waals surface area contributed by atoms with Crippen LogP contribution in [0.5, 0.6) is 5.75 Å². The van der Waals surface area contributed by atoms with Crippen molar-refractivity contribution >= 4 is 15.9 Å². The molecule has 0 aromatic heterocycles. The lowest BCUT2D eigenvalue weighted by atomic mass is 10.2. The lowest BCUT2D eigenvalue weighted by molar-refractivity contribution is -0.116. The third-order valence-corrected chi connectivity index (χ3v) is 3.67. The van der Waals surface area contributed by atoms with Crippen LogP contribution in [0.1, 0.15) is 5.56 Å². The van der Waals surface area contributed by atoms with Gasteiger partial charge in [0.1, 0.15) is 5.75 Å². The van der Waals surface area contributed by atoms with E-state index in [-0.39, 0.29) is 4.90 Å².